The van der Waals surface area contributed by atoms with E-state index < -0.39 is 0 Å². The number of hydrogen-bond donors (Lipinski definition) is 2. The van der Waals surface area contributed by atoms with Crippen molar-refractivity contribution in [2.45, 2.75) is 13.3 Å². The molecular formula is C16H19N3OS. The molecule has 0 fully saturated rings. The van der Waals surface area contributed by atoms with Gasteiger partial charge < -0.3 is 15.4 Å². The Hall–Kier alpha value is -2.14. The fourth-order valence-electron chi connectivity index (χ4n) is 1.87. The summed E-state index contributed by atoms with van der Waals surface area (Å²) in [6.07, 6.45) is 2.63. The molecule has 1 aromatic heterocycles. The Bertz CT molecular complexity index is 575. The highest BCUT2D eigenvalue weighted by Gasteiger charge is 2.04. The maximum atomic E-state index is 5.55. The number of anilines is 1. The smallest absolute Gasteiger partial charge is 0.170 e. The molecule has 2 rings (SSSR count). The number of hydrogen-bond acceptors (Lipinski definition) is 3. The van der Waals surface area contributed by atoms with Crippen molar-refractivity contribution in [3.63, 3.8) is 0 Å². The fraction of sp³-hybridized carbons (Fsp3) is 0.250. The van der Waals surface area contributed by atoms with Crippen LogP contribution in [0.4, 0.5) is 5.69 Å². The van der Waals surface area contributed by atoms with Gasteiger partial charge in [-0.25, -0.2) is 0 Å². The van der Waals surface area contributed by atoms with Crippen LogP contribution in [0.3, 0.4) is 0 Å². The second-order valence-electron chi connectivity index (χ2n) is 4.38. The first-order chi connectivity index (χ1) is 10.3. The number of thiocarbonyl (C=S) groups is 1. The van der Waals surface area contributed by atoms with E-state index in [1.54, 1.807) is 6.20 Å². The summed E-state index contributed by atoms with van der Waals surface area (Å²) >= 11 is 5.30. The van der Waals surface area contributed by atoms with Gasteiger partial charge in [0.05, 0.1) is 12.3 Å². The van der Waals surface area contributed by atoms with E-state index in [1.807, 2.05) is 49.4 Å². The lowest BCUT2D eigenvalue weighted by Crippen LogP contribution is -2.30. The molecular weight excluding hydrogens is 282 g/mol. The largest absolute Gasteiger partial charge is 0.492 e. The number of pyridine rings is 1. The molecule has 0 aliphatic rings. The van der Waals surface area contributed by atoms with Crippen molar-refractivity contribution in [1.29, 1.82) is 0 Å². The van der Waals surface area contributed by atoms with Crippen molar-refractivity contribution in [1.82, 2.24) is 10.3 Å². The molecule has 0 saturated carbocycles. The van der Waals surface area contributed by atoms with Crippen LogP contribution in [0.15, 0.2) is 48.7 Å². The highest BCUT2D eigenvalue weighted by atomic mass is 32.1. The molecule has 0 saturated heterocycles. The zero-order valence-electron chi connectivity index (χ0n) is 12.0. The Morgan fingerprint density at radius 2 is 2.00 bits per heavy atom. The van der Waals surface area contributed by atoms with Crippen molar-refractivity contribution in [3.8, 4) is 5.75 Å². The molecule has 4 nitrogen and oxygen atoms in total. The average Bonchev–Trinajstić information content (AvgIpc) is 2.50. The van der Waals surface area contributed by atoms with Crippen LogP contribution in [0.5, 0.6) is 5.75 Å². The molecule has 0 spiro atoms. The van der Waals surface area contributed by atoms with Crippen molar-refractivity contribution in [3.05, 3.63) is 54.4 Å². The Kier molecular flexibility index (Phi) is 5.97. The van der Waals surface area contributed by atoms with Crippen LogP contribution in [0.2, 0.25) is 0 Å². The maximum absolute atomic E-state index is 5.55. The van der Waals surface area contributed by atoms with Gasteiger partial charge in [0.25, 0.3) is 0 Å². The minimum absolute atomic E-state index is 0.582. The lowest BCUT2D eigenvalue weighted by molar-refractivity contribution is 0.342. The second kappa shape index (κ2) is 8.21. The lowest BCUT2D eigenvalue weighted by Gasteiger charge is -2.14. The standard InChI is InChI=1S/C16H19N3OS/c1-2-20-15-9-4-3-8-14(15)19-16(21)18-12-10-13-7-5-6-11-17-13/h3-9,11H,2,10,12H2,1H3,(H2,18,19,21). The highest BCUT2D eigenvalue weighted by molar-refractivity contribution is 7.80. The number of aromatic nitrogens is 1. The van der Waals surface area contributed by atoms with E-state index in [0.717, 1.165) is 30.1 Å². The van der Waals surface area contributed by atoms with Crippen LogP contribution in [0.25, 0.3) is 0 Å². The molecule has 0 atom stereocenters. The van der Waals surface area contributed by atoms with E-state index >= 15 is 0 Å². The normalized spacial score (nSPS) is 9.95. The molecule has 21 heavy (non-hydrogen) atoms. The van der Waals surface area contributed by atoms with Gasteiger partial charge in [0, 0.05) is 24.9 Å². The minimum atomic E-state index is 0.582. The first-order valence-corrected chi connectivity index (χ1v) is 7.37. The summed E-state index contributed by atoms with van der Waals surface area (Å²) in [6.45, 7) is 3.32. The molecule has 0 aliphatic heterocycles. The van der Waals surface area contributed by atoms with E-state index in [1.165, 1.54) is 0 Å². The maximum Gasteiger partial charge on any atom is 0.170 e. The molecule has 0 aliphatic carbocycles. The van der Waals surface area contributed by atoms with Crippen molar-refractivity contribution in [2.24, 2.45) is 0 Å². The third-order valence-corrected chi connectivity index (χ3v) is 3.07. The minimum Gasteiger partial charge on any atom is -0.492 e. The molecule has 1 heterocycles. The zero-order valence-corrected chi connectivity index (χ0v) is 12.8. The van der Waals surface area contributed by atoms with Crippen molar-refractivity contribution in [2.75, 3.05) is 18.5 Å². The first kappa shape index (κ1) is 15.3. The monoisotopic (exact) mass is 301 g/mol. The van der Waals surface area contributed by atoms with Gasteiger partial charge >= 0.3 is 0 Å². The number of ether oxygens (including phenoxy) is 1. The fourth-order valence-corrected chi connectivity index (χ4v) is 2.08. The predicted octanol–water partition coefficient (Wildman–Crippen LogP) is 3.01. The van der Waals surface area contributed by atoms with E-state index in [4.69, 9.17) is 17.0 Å². The third kappa shape index (κ3) is 5.04. The van der Waals surface area contributed by atoms with Gasteiger partial charge in [0.2, 0.25) is 0 Å². The number of para-hydroxylation sites is 2. The SMILES string of the molecule is CCOc1ccccc1NC(=S)NCCc1ccccn1. The molecule has 0 radical (unpaired) electrons. The summed E-state index contributed by atoms with van der Waals surface area (Å²) in [4.78, 5) is 4.27. The van der Waals surface area contributed by atoms with Gasteiger partial charge in [-0.3, -0.25) is 4.98 Å². The van der Waals surface area contributed by atoms with Crippen LogP contribution in [-0.4, -0.2) is 23.2 Å². The van der Waals surface area contributed by atoms with E-state index in [-0.39, 0.29) is 0 Å². The third-order valence-electron chi connectivity index (χ3n) is 2.83. The first-order valence-electron chi connectivity index (χ1n) is 6.96. The zero-order chi connectivity index (χ0) is 14.9. The second-order valence-corrected chi connectivity index (χ2v) is 4.79. The lowest BCUT2D eigenvalue weighted by atomic mass is 10.3. The van der Waals surface area contributed by atoms with Crippen LogP contribution in [0.1, 0.15) is 12.6 Å². The van der Waals surface area contributed by atoms with Crippen LogP contribution in [-0.2, 0) is 6.42 Å². The summed E-state index contributed by atoms with van der Waals surface area (Å²) in [5.41, 5.74) is 1.91. The summed E-state index contributed by atoms with van der Waals surface area (Å²) in [5, 5.41) is 6.91. The quantitative estimate of drug-likeness (QED) is 0.803. The van der Waals surface area contributed by atoms with Crippen molar-refractivity contribution >= 4 is 23.0 Å². The Balaban J connectivity index is 1.82. The van der Waals surface area contributed by atoms with Crippen molar-refractivity contribution < 1.29 is 4.74 Å². The van der Waals surface area contributed by atoms with Gasteiger partial charge in [0.15, 0.2) is 5.11 Å². The van der Waals surface area contributed by atoms with E-state index in [0.29, 0.717) is 11.7 Å². The topological polar surface area (TPSA) is 46.2 Å². The summed E-state index contributed by atoms with van der Waals surface area (Å²) < 4.78 is 5.55. The summed E-state index contributed by atoms with van der Waals surface area (Å²) in [7, 11) is 0. The van der Waals surface area contributed by atoms with Crippen LogP contribution >= 0.6 is 12.2 Å². The number of rotatable bonds is 6. The highest BCUT2D eigenvalue weighted by Crippen LogP contribution is 2.23. The molecule has 1 aromatic carbocycles. The number of nitrogens with zero attached hydrogens (tertiary/aromatic N) is 1. The summed E-state index contributed by atoms with van der Waals surface area (Å²) in [6, 6.07) is 13.6. The molecule has 0 amide bonds. The van der Waals surface area contributed by atoms with Gasteiger partial charge in [0.1, 0.15) is 5.75 Å². The van der Waals surface area contributed by atoms with E-state index in [9.17, 15) is 0 Å². The van der Waals surface area contributed by atoms with Gasteiger partial charge in [-0.1, -0.05) is 18.2 Å². The Morgan fingerprint density at radius 3 is 2.76 bits per heavy atom. The van der Waals surface area contributed by atoms with Gasteiger partial charge in [-0.15, -0.1) is 0 Å². The van der Waals surface area contributed by atoms with Gasteiger partial charge in [-0.05, 0) is 43.4 Å². The van der Waals surface area contributed by atoms with Crippen LogP contribution < -0.4 is 15.4 Å². The van der Waals surface area contributed by atoms with E-state index in [2.05, 4.69) is 15.6 Å². The number of nitrogens with one attached hydrogen (secondary N) is 2. The Morgan fingerprint density at radius 1 is 1.19 bits per heavy atom. The summed E-state index contributed by atoms with van der Waals surface area (Å²) in [5.74, 6) is 0.800. The van der Waals surface area contributed by atoms with Gasteiger partial charge in [-0.2, -0.15) is 0 Å². The predicted molar refractivity (Wildman–Crippen MR) is 89.8 cm³/mol. The molecule has 2 N–H and O–H groups in total. The number of benzene rings is 1. The molecule has 2 aromatic rings. The van der Waals surface area contributed by atoms with Crippen LogP contribution in [0, 0.1) is 0 Å². The average molecular weight is 301 g/mol. The molecule has 0 unspecified atom stereocenters. The molecule has 5 heteroatoms. The Labute approximate surface area is 130 Å². The molecule has 0 bridgehead atoms. The molecule has 110 valence electrons.